The summed E-state index contributed by atoms with van der Waals surface area (Å²) in [6, 6.07) is 3.95. The molecule has 0 spiro atoms. The number of pyridine rings is 1. The average molecular weight is 218 g/mol. The maximum Gasteiger partial charge on any atom is 0.222 e. The summed E-state index contributed by atoms with van der Waals surface area (Å²) in [6.07, 6.45) is 8.62. The van der Waals surface area contributed by atoms with E-state index in [9.17, 15) is 4.79 Å². The molecular formula is C13H18N2O. The molecule has 0 unspecified atom stereocenters. The standard InChI is InChI=1S/C13H18N2O/c16-13(15-10-2-1-3-11-15)5-4-12-6-8-14-9-7-12/h6-9H,1-5,10-11H2. The average Bonchev–Trinajstić information content (AvgIpc) is 2.38. The van der Waals surface area contributed by atoms with Crippen LogP contribution in [-0.4, -0.2) is 28.9 Å². The lowest BCUT2D eigenvalue weighted by molar-refractivity contribution is -0.132. The molecule has 1 fully saturated rings. The first-order chi connectivity index (χ1) is 7.86. The first kappa shape index (κ1) is 11.1. The van der Waals surface area contributed by atoms with Crippen molar-refractivity contribution in [3.63, 3.8) is 0 Å². The fourth-order valence-electron chi connectivity index (χ4n) is 2.10. The maximum atomic E-state index is 11.9. The van der Waals surface area contributed by atoms with E-state index in [-0.39, 0.29) is 0 Å². The highest BCUT2D eigenvalue weighted by Crippen LogP contribution is 2.11. The van der Waals surface area contributed by atoms with E-state index in [1.807, 2.05) is 17.0 Å². The molecule has 0 radical (unpaired) electrons. The summed E-state index contributed by atoms with van der Waals surface area (Å²) < 4.78 is 0. The number of carbonyl (C=O) groups excluding carboxylic acids is 1. The molecule has 3 heteroatoms. The molecule has 1 aliphatic heterocycles. The molecule has 0 bridgehead atoms. The van der Waals surface area contributed by atoms with Gasteiger partial charge in [-0.25, -0.2) is 0 Å². The van der Waals surface area contributed by atoms with E-state index in [4.69, 9.17) is 0 Å². The topological polar surface area (TPSA) is 33.2 Å². The molecule has 1 aromatic rings. The molecule has 1 aliphatic rings. The first-order valence-electron chi connectivity index (χ1n) is 6.03. The van der Waals surface area contributed by atoms with Crippen molar-refractivity contribution in [2.75, 3.05) is 13.1 Å². The Bertz CT molecular complexity index is 331. The number of hydrogen-bond donors (Lipinski definition) is 0. The van der Waals surface area contributed by atoms with Crippen LogP contribution in [0.3, 0.4) is 0 Å². The van der Waals surface area contributed by atoms with Crippen molar-refractivity contribution < 1.29 is 4.79 Å². The monoisotopic (exact) mass is 218 g/mol. The molecule has 86 valence electrons. The number of nitrogens with zero attached hydrogens (tertiary/aromatic N) is 2. The van der Waals surface area contributed by atoms with Crippen LogP contribution >= 0.6 is 0 Å². The molecule has 0 aromatic carbocycles. The second kappa shape index (κ2) is 5.64. The molecule has 1 amide bonds. The number of hydrogen-bond acceptors (Lipinski definition) is 2. The number of aryl methyl sites for hydroxylation is 1. The summed E-state index contributed by atoms with van der Waals surface area (Å²) in [5, 5.41) is 0. The smallest absolute Gasteiger partial charge is 0.222 e. The third-order valence-corrected chi connectivity index (χ3v) is 3.09. The van der Waals surface area contributed by atoms with Crippen LogP contribution in [0, 0.1) is 0 Å². The number of carbonyl (C=O) groups is 1. The lowest BCUT2D eigenvalue weighted by atomic mass is 10.1. The Morgan fingerprint density at radius 2 is 1.88 bits per heavy atom. The number of likely N-dealkylation sites (tertiary alicyclic amines) is 1. The number of aromatic nitrogens is 1. The zero-order valence-corrected chi connectivity index (χ0v) is 9.56. The van der Waals surface area contributed by atoms with Crippen molar-refractivity contribution in [2.24, 2.45) is 0 Å². The van der Waals surface area contributed by atoms with Crippen molar-refractivity contribution in [1.29, 1.82) is 0 Å². The van der Waals surface area contributed by atoms with E-state index in [2.05, 4.69) is 4.98 Å². The van der Waals surface area contributed by atoms with Crippen LogP contribution < -0.4 is 0 Å². The third kappa shape index (κ3) is 3.05. The van der Waals surface area contributed by atoms with E-state index in [1.54, 1.807) is 12.4 Å². The van der Waals surface area contributed by atoms with Crippen molar-refractivity contribution in [3.8, 4) is 0 Å². The first-order valence-corrected chi connectivity index (χ1v) is 6.03. The Morgan fingerprint density at radius 1 is 1.19 bits per heavy atom. The van der Waals surface area contributed by atoms with Crippen LogP contribution in [0.4, 0.5) is 0 Å². The van der Waals surface area contributed by atoms with E-state index < -0.39 is 0 Å². The molecule has 0 atom stereocenters. The lowest BCUT2D eigenvalue weighted by Gasteiger charge is -2.26. The van der Waals surface area contributed by atoms with Gasteiger partial charge in [0.1, 0.15) is 0 Å². The molecule has 16 heavy (non-hydrogen) atoms. The third-order valence-electron chi connectivity index (χ3n) is 3.09. The van der Waals surface area contributed by atoms with Gasteiger partial charge in [-0.05, 0) is 43.4 Å². The van der Waals surface area contributed by atoms with Crippen molar-refractivity contribution in [2.45, 2.75) is 32.1 Å². The van der Waals surface area contributed by atoms with Crippen LogP contribution in [-0.2, 0) is 11.2 Å². The molecule has 0 saturated carbocycles. The Hall–Kier alpha value is -1.38. The van der Waals surface area contributed by atoms with E-state index >= 15 is 0 Å². The van der Waals surface area contributed by atoms with Crippen LogP contribution in [0.25, 0.3) is 0 Å². The van der Waals surface area contributed by atoms with Gasteiger partial charge in [0, 0.05) is 31.9 Å². The zero-order chi connectivity index (χ0) is 11.2. The van der Waals surface area contributed by atoms with Crippen LogP contribution in [0.15, 0.2) is 24.5 Å². The fourth-order valence-corrected chi connectivity index (χ4v) is 2.10. The van der Waals surface area contributed by atoms with Crippen molar-refractivity contribution >= 4 is 5.91 Å². The summed E-state index contributed by atoms with van der Waals surface area (Å²) >= 11 is 0. The number of rotatable bonds is 3. The van der Waals surface area contributed by atoms with Gasteiger partial charge in [0.25, 0.3) is 0 Å². The number of amides is 1. The fraction of sp³-hybridized carbons (Fsp3) is 0.538. The van der Waals surface area contributed by atoms with Crippen LogP contribution in [0.1, 0.15) is 31.2 Å². The largest absolute Gasteiger partial charge is 0.343 e. The van der Waals surface area contributed by atoms with Gasteiger partial charge in [0.15, 0.2) is 0 Å². The minimum absolute atomic E-state index is 0.302. The maximum absolute atomic E-state index is 11.9. The zero-order valence-electron chi connectivity index (χ0n) is 9.56. The van der Waals surface area contributed by atoms with Gasteiger partial charge in [-0.3, -0.25) is 9.78 Å². The summed E-state index contributed by atoms with van der Waals surface area (Å²) in [7, 11) is 0. The second-order valence-electron chi connectivity index (χ2n) is 4.30. The Balaban J connectivity index is 1.79. The lowest BCUT2D eigenvalue weighted by Crippen LogP contribution is -2.35. The van der Waals surface area contributed by atoms with Crippen molar-refractivity contribution in [1.82, 2.24) is 9.88 Å². The van der Waals surface area contributed by atoms with E-state index in [1.165, 1.54) is 24.8 Å². The summed E-state index contributed by atoms with van der Waals surface area (Å²) in [4.78, 5) is 17.9. The predicted octanol–water partition coefficient (Wildman–Crippen LogP) is 2.03. The van der Waals surface area contributed by atoms with Gasteiger partial charge < -0.3 is 4.90 Å². The number of piperidine rings is 1. The molecule has 1 saturated heterocycles. The highest BCUT2D eigenvalue weighted by atomic mass is 16.2. The Morgan fingerprint density at radius 3 is 2.56 bits per heavy atom. The molecular weight excluding hydrogens is 200 g/mol. The van der Waals surface area contributed by atoms with Gasteiger partial charge in [0.05, 0.1) is 0 Å². The summed E-state index contributed by atoms with van der Waals surface area (Å²) in [5.74, 6) is 0.302. The Labute approximate surface area is 96.5 Å². The van der Waals surface area contributed by atoms with Gasteiger partial charge in [-0.2, -0.15) is 0 Å². The highest BCUT2D eigenvalue weighted by Gasteiger charge is 2.15. The summed E-state index contributed by atoms with van der Waals surface area (Å²) in [6.45, 7) is 1.91. The quantitative estimate of drug-likeness (QED) is 0.777. The molecule has 1 aromatic heterocycles. The van der Waals surface area contributed by atoms with Gasteiger partial charge >= 0.3 is 0 Å². The summed E-state index contributed by atoms with van der Waals surface area (Å²) in [5.41, 5.74) is 1.19. The van der Waals surface area contributed by atoms with E-state index in [0.717, 1.165) is 19.5 Å². The molecule has 3 nitrogen and oxygen atoms in total. The molecule has 2 rings (SSSR count). The predicted molar refractivity (Wildman–Crippen MR) is 63.0 cm³/mol. The second-order valence-corrected chi connectivity index (χ2v) is 4.30. The normalized spacial score (nSPS) is 16.1. The van der Waals surface area contributed by atoms with Crippen molar-refractivity contribution in [3.05, 3.63) is 30.1 Å². The minimum atomic E-state index is 0.302. The van der Waals surface area contributed by atoms with E-state index in [0.29, 0.717) is 12.3 Å². The highest BCUT2D eigenvalue weighted by molar-refractivity contribution is 5.76. The Kier molecular flexibility index (Phi) is 3.91. The SMILES string of the molecule is O=C(CCc1ccncc1)N1CCCCC1. The van der Waals surface area contributed by atoms with Gasteiger partial charge in [-0.15, -0.1) is 0 Å². The van der Waals surface area contributed by atoms with Gasteiger partial charge in [0.2, 0.25) is 5.91 Å². The molecule has 2 heterocycles. The minimum Gasteiger partial charge on any atom is -0.343 e. The molecule has 0 aliphatic carbocycles. The van der Waals surface area contributed by atoms with Crippen LogP contribution in [0.5, 0.6) is 0 Å². The molecule has 0 N–H and O–H groups in total. The van der Waals surface area contributed by atoms with Crippen LogP contribution in [0.2, 0.25) is 0 Å². The van der Waals surface area contributed by atoms with Gasteiger partial charge in [-0.1, -0.05) is 0 Å².